The third-order valence-electron chi connectivity index (χ3n) is 5.48. The number of carbonyl (C=O) groups excluding carboxylic acids is 1. The van der Waals surface area contributed by atoms with Crippen LogP contribution in [0.4, 0.5) is 5.69 Å². The van der Waals surface area contributed by atoms with Crippen LogP contribution in [0.2, 0.25) is 0 Å². The number of aryl methyl sites for hydroxylation is 1. The Hall–Kier alpha value is -2.86. The number of fused-ring (bicyclic) bond motifs is 2. The molecular formula is C21H22N4O2. The molecule has 0 saturated carbocycles. The van der Waals surface area contributed by atoms with Crippen LogP contribution in [0.5, 0.6) is 5.75 Å². The van der Waals surface area contributed by atoms with Gasteiger partial charge in [-0.25, -0.2) is 0 Å². The molecule has 2 aromatic heterocycles. The van der Waals surface area contributed by atoms with Crippen LogP contribution in [-0.4, -0.2) is 41.5 Å². The Morgan fingerprint density at radius 1 is 1.19 bits per heavy atom. The van der Waals surface area contributed by atoms with E-state index in [1.807, 2.05) is 42.0 Å². The lowest BCUT2D eigenvalue weighted by molar-refractivity contribution is -0.137. The van der Waals surface area contributed by atoms with E-state index in [-0.39, 0.29) is 11.9 Å². The fraction of sp³-hybridized carbons (Fsp3) is 0.333. The van der Waals surface area contributed by atoms with Crippen molar-refractivity contribution in [2.24, 2.45) is 0 Å². The number of benzene rings is 1. The van der Waals surface area contributed by atoms with Gasteiger partial charge in [-0.1, -0.05) is 6.07 Å². The van der Waals surface area contributed by atoms with Crippen molar-refractivity contribution in [1.29, 1.82) is 0 Å². The quantitative estimate of drug-likeness (QED) is 0.560. The van der Waals surface area contributed by atoms with Crippen LogP contribution in [0.25, 0.3) is 5.52 Å². The molecule has 138 valence electrons. The number of aromatic nitrogens is 2. The Bertz CT molecular complexity index is 1020. The van der Waals surface area contributed by atoms with Gasteiger partial charge in [0.25, 0.3) is 0 Å². The molecular weight excluding hydrogens is 340 g/mol. The summed E-state index contributed by atoms with van der Waals surface area (Å²) in [5, 5.41) is 3.36. The minimum atomic E-state index is -0.275. The summed E-state index contributed by atoms with van der Waals surface area (Å²) in [6, 6.07) is 8.29. The number of piperazine rings is 1. The van der Waals surface area contributed by atoms with Crippen LogP contribution in [0, 0.1) is 6.92 Å². The first-order valence-electron chi connectivity index (χ1n) is 9.42. The van der Waals surface area contributed by atoms with Crippen LogP contribution in [0.1, 0.15) is 22.7 Å². The molecule has 6 heteroatoms. The Morgan fingerprint density at radius 2 is 2.04 bits per heavy atom. The second-order valence-corrected chi connectivity index (χ2v) is 7.34. The molecule has 0 aliphatic carbocycles. The SMILES string of the molecule is Cc1cn2cc(C3Cc4ccc(N5CCNCC5)cc4OC3=O)cc2cn1. The van der Waals surface area contributed by atoms with Crippen molar-refractivity contribution in [3.05, 3.63) is 59.7 Å². The molecule has 0 amide bonds. The van der Waals surface area contributed by atoms with Crippen LogP contribution in [-0.2, 0) is 11.2 Å². The second-order valence-electron chi connectivity index (χ2n) is 7.34. The van der Waals surface area contributed by atoms with E-state index >= 15 is 0 Å². The number of nitrogens with zero attached hydrogens (tertiary/aromatic N) is 3. The molecule has 1 aromatic carbocycles. The smallest absolute Gasteiger partial charge is 0.319 e. The third-order valence-corrected chi connectivity index (χ3v) is 5.48. The van der Waals surface area contributed by atoms with Crippen molar-refractivity contribution < 1.29 is 9.53 Å². The van der Waals surface area contributed by atoms with Gasteiger partial charge in [0.05, 0.1) is 23.3 Å². The normalized spacial score (nSPS) is 19.8. The first-order chi connectivity index (χ1) is 13.2. The summed E-state index contributed by atoms with van der Waals surface area (Å²) in [6.45, 7) is 5.87. The standard InChI is InChI=1S/C21H22N4O2/c1-14-12-25-13-16(8-18(25)11-23-14)19-9-15-2-3-17(10-20(15)27-21(19)26)24-6-4-22-5-7-24/h2-3,8,10-13,19,22H,4-7,9H2,1H3. The van der Waals surface area contributed by atoms with E-state index in [2.05, 4.69) is 27.3 Å². The summed E-state index contributed by atoms with van der Waals surface area (Å²) in [4.78, 5) is 19.4. The molecule has 0 bridgehead atoms. The molecule has 1 saturated heterocycles. The van der Waals surface area contributed by atoms with Crippen LogP contribution in [0.15, 0.2) is 42.9 Å². The lowest BCUT2D eigenvalue weighted by atomic mass is 9.91. The van der Waals surface area contributed by atoms with Gasteiger partial charge in [0.2, 0.25) is 0 Å². The number of carbonyl (C=O) groups is 1. The number of hydrogen-bond acceptors (Lipinski definition) is 5. The summed E-state index contributed by atoms with van der Waals surface area (Å²) in [5.74, 6) is 0.247. The molecule has 27 heavy (non-hydrogen) atoms. The number of hydrogen-bond donors (Lipinski definition) is 1. The number of esters is 1. The molecule has 1 fully saturated rings. The minimum absolute atomic E-state index is 0.180. The monoisotopic (exact) mass is 362 g/mol. The highest BCUT2D eigenvalue weighted by molar-refractivity contribution is 5.84. The lowest BCUT2D eigenvalue weighted by Crippen LogP contribution is -2.43. The van der Waals surface area contributed by atoms with E-state index in [9.17, 15) is 4.79 Å². The molecule has 1 unspecified atom stereocenters. The second kappa shape index (κ2) is 6.39. The van der Waals surface area contributed by atoms with Gasteiger partial charge in [0.1, 0.15) is 5.75 Å². The molecule has 2 aliphatic heterocycles. The summed E-state index contributed by atoms with van der Waals surface area (Å²) < 4.78 is 7.77. The van der Waals surface area contributed by atoms with Gasteiger partial charge in [0.15, 0.2) is 0 Å². The highest BCUT2D eigenvalue weighted by Crippen LogP contribution is 2.36. The maximum Gasteiger partial charge on any atom is 0.319 e. The Balaban J connectivity index is 1.44. The average Bonchev–Trinajstić information content (AvgIpc) is 3.10. The predicted molar refractivity (Wildman–Crippen MR) is 104 cm³/mol. The van der Waals surface area contributed by atoms with Crippen LogP contribution in [0.3, 0.4) is 0 Å². The lowest BCUT2D eigenvalue weighted by Gasteiger charge is -2.31. The van der Waals surface area contributed by atoms with Crippen molar-refractivity contribution in [3.63, 3.8) is 0 Å². The third kappa shape index (κ3) is 2.96. The van der Waals surface area contributed by atoms with Crippen molar-refractivity contribution >= 4 is 17.2 Å². The van der Waals surface area contributed by atoms with E-state index in [0.717, 1.165) is 54.2 Å². The minimum Gasteiger partial charge on any atom is -0.426 e. The topological polar surface area (TPSA) is 58.9 Å². The highest BCUT2D eigenvalue weighted by atomic mass is 16.5. The van der Waals surface area contributed by atoms with Crippen molar-refractivity contribution in [2.75, 3.05) is 31.1 Å². The van der Waals surface area contributed by atoms with Gasteiger partial charge >= 0.3 is 5.97 Å². The largest absolute Gasteiger partial charge is 0.426 e. The van der Waals surface area contributed by atoms with Gasteiger partial charge in [-0.2, -0.15) is 0 Å². The van der Waals surface area contributed by atoms with E-state index in [0.29, 0.717) is 12.2 Å². The molecule has 1 N–H and O–H groups in total. The van der Waals surface area contributed by atoms with Gasteiger partial charge in [0, 0.05) is 50.3 Å². The fourth-order valence-corrected chi connectivity index (χ4v) is 3.99. The molecule has 2 aliphatic rings. The zero-order valence-electron chi connectivity index (χ0n) is 15.3. The maximum absolute atomic E-state index is 12.7. The Labute approximate surface area is 157 Å². The molecule has 0 spiro atoms. The predicted octanol–water partition coefficient (Wildman–Crippen LogP) is 2.30. The summed E-state index contributed by atoms with van der Waals surface area (Å²) in [7, 11) is 0. The van der Waals surface area contributed by atoms with E-state index in [4.69, 9.17) is 4.74 Å². The molecule has 0 radical (unpaired) electrons. The van der Waals surface area contributed by atoms with Gasteiger partial charge < -0.3 is 19.4 Å². The summed E-state index contributed by atoms with van der Waals surface area (Å²) in [5.41, 5.74) is 5.12. The van der Waals surface area contributed by atoms with E-state index in [1.165, 1.54) is 0 Å². The molecule has 4 heterocycles. The molecule has 6 nitrogen and oxygen atoms in total. The van der Waals surface area contributed by atoms with Crippen LogP contribution < -0.4 is 15.0 Å². The fourth-order valence-electron chi connectivity index (χ4n) is 3.99. The van der Waals surface area contributed by atoms with Crippen LogP contribution >= 0.6 is 0 Å². The number of nitrogens with one attached hydrogen (secondary N) is 1. The zero-order valence-corrected chi connectivity index (χ0v) is 15.3. The van der Waals surface area contributed by atoms with Crippen molar-refractivity contribution in [3.8, 4) is 5.75 Å². The van der Waals surface area contributed by atoms with Crippen molar-refractivity contribution in [1.82, 2.24) is 14.7 Å². The molecule has 5 rings (SSSR count). The summed E-state index contributed by atoms with van der Waals surface area (Å²) >= 11 is 0. The van der Waals surface area contributed by atoms with E-state index in [1.54, 1.807) is 0 Å². The molecule has 3 aromatic rings. The van der Waals surface area contributed by atoms with E-state index < -0.39 is 0 Å². The summed E-state index contributed by atoms with van der Waals surface area (Å²) in [6.07, 6.45) is 6.48. The first-order valence-corrected chi connectivity index (χ1v) is 9.42. The van der Waals surface area contributed by atoms with Gasteiger partial charge in [-0.15, -0.1) is 0 Å². The Kier molecular flexibility index (Phi) is 3.86. The average molecular weight is 362 g/mol. The maximum atomic E-state index is 12.7. The van der Waals surface area contributed by atoms with Gasteiger partial charge in [-0.05, 0) is 36.6 Å². The first kappa shape index (κ1) is 16.3. The number of ether oxygens (including phenoxy) is 1. The van der Waals surface area contributed by atoms with Crippen molar-refractivity contribution in [2.45, 2.75) is 19.3 Å². The number of rotatable bonds is 2. The Morgan fingerprint density at radius 3 is 2.89 bits per heavy atom. The molecule has 1 atom stereocenters. The zero-order chi connectivity index (χ0) is 18.4. The van der Waals surface area contributed by atoms with Gasteiger partial charge in [-0.3, -0.25) is 9.78 Å². The number of anilines is 1. The highest BCUT2D eigenvalue weighted by Gasteiger charge is 2.31.